The predicted octanol–water partition coefficient (Wildman–Crippen LogP) is 4.75. The molecule has 10 heteroatoms. The van der Waals surface area contributed by atoms with Crippen LogP contribution in [0.1, 0.15) is 25.7 Å². The first kappa shape index (κ1) is 21.3. The number of pyridine rings is 2. The number of fused-ring (bicyclic) bond motifs is 1. The number of carbonyl (C=O) groups is 1. The van der Waals surface area contributed by atoms with Crippen molar-refractivity contribution in [3.63, 3.8) is 0 Å². The second-order valence-electron chi connectivity index (χ2n) is 8.67. The van der Waals surface area contributed by atoms with Gasteiger partial charge in [0.05, 0.1) is 27.5 Å². The van der Waals surface area contributed by atoms with E-state index >= 15 is 0 Å². The fourth-order valence-electron chi connectivity index (χ4n) is 4.28. The monoisotopic (exact) mass is 461 g/mol. The molecule has 0 unspecified atom stereocenters. The summed E-state index contributed by atoms with van der Waals surface area (Å²) in [6.07, 6.45) is 2.55. The Morgan fingerprint density at radius 3 is 2.59 bits per heavy atom. The Hall–Kier alpha value is -2.59. The van der Waals surface area contributed by atoms with Gasteiger partial charge in [-0.1, -0.05) is 0 Å². The highest BCUT2D eigenvalue weighted by atomic mass is 32.1. The molecule has 1 aliphatic heterocycles. The maximum atomic E-state index is 13.2. The van der Waals surface area contributed by atoms with Gasteiger partial charge in [-0.2, -0.15) is 13.2 Å². The van der Waals surface area contributed by atoms with Crippen LogP contribution in [0.25, 0.3) is 21.3 Å². The minimum absolute atomic E-state index is 0.0478. The molecule has 0 aromatic carbocycles. The lowest BCUT2D eigenvalue weighted by molar-refractivity contribution is -0.192. The molecular formula is C22H22F3N5OS. The third kappa shape index (κ3) is 4.21. The Morgan fingerprint density at radius 1 is 1.16 bits per heavy atom. The lowest BCUT2D eigenvalue weighted by Crippen LogP contribution is -2.44. The Balaban J connectivity index is 1.21. The molecule has 5 rings (SSSR count). The molecule has 3 aromatic rings. The van der Waals surface area contributed by atoms with Gasteiger partial charge in [-0.3, -0.25) is 14.8 Å². The molecule has 1 aliphatic carbocycles. The predicted molar refractivity (Wildman–Crippen MR) is 116 cm³/mol. The molecule has 168 valence electrons. The van der Waals surface area contributed by atoms with E-state index < -0.39 is 11.6 Å². The zero-order valence-electron chi connectivity index (χ0n) is 17.2. The van der Waals surface area contributed by atoms with Gasteiger partial charge in [0.15, 0.2) is 0 Å². The number of nitrogens with zero attached hydrogens (tertiary/aromatic N) is 4. The number of hydrogen-bond acceptors (Lipinski definition) is 6. The highest BCUT2D eigenvalue weighted by Crippen LogP contribution is 2.58. The first-order valence-corrected chi connectivity index (χ1v) is 11.5. The largest absolute Gasteiger partial charge is 0.395 e. The molecule has 4 heterocycles. The standard InChI is InChI=1S/C22H22F3N5OS/c23-22(24,25)21(3-4-21)12-30-5-1-14(2-6-30)20(31)29-19-8-15-7-16(18-11-26-13-32-18)9-27-17(15)10-28-19/h7-11,13-14H,1-6,12H2,(H,28,29,31). The Kier molecular flexibility index (Phi) is 5.37. The number of anilines is 1. The van der Waals surface area contributed by atoms with Gasteiger partial charge in [-0.05, 0) is 50.9 Å². The van der Waals surface area contributed by atoms with Crippen molar-refractivity contribution < 1.29 is 18.0 Å². The van der Waals surface area contributed by atoms with Crippen LogP contribution in [0.15, 0.2) is 36.2 Å². The van der Waals surface area contributed by atoms with Crippen molar-refractivity contribution >= 4 is 34.0 Å². The molecule has 32 heavy (non-hydrogen) atoms. The molecule has 0 bridgehead atoms. The van der Waals surface area contributed by atoms with Crippen LogP contribution >= 0.6 is 11.3 Å². The first-order valence-electron chi connectivity index (χ1n) is 10.6. The fourth-order valence-corrected chi connectivity index (χ4v) is 4.89. The van der Waals surface area contributed by atoms with Gasteiger partial charge in [-0.25, -0.2) is 4.98 Å². The molecule has 2 aliphatic rings. The molecule has 1 saturated carbocycles. The minimum Gasteiger partial charge on any atom is -0.310 e. The number of thiazole rings is 1. The first-order chi connectivity index (χ1) is 15.3. The van der Waals surface area contributed by atoms with E-state index in [0.29, 0.717) is 31.7 Å². The number of amides is 1. The number of piperidine rings is 1. The summed E-state index contributed by atoms with van der Waals surface area (Å²) in [5.41, 5.74) is 1.91. The fraction of sp³-hybridized carbons (Fsp3) is 0.455. The number of carbonyl (C=O) groups excluding carboxylic acids is 1. The second kappa shape index (κ2) is 8.08. The quantitative estimate of drug-likeness (QED) is 0.594. The zero-order chi connectivity index (χ0) is 22.3. The van der Waals surface area contributed by atoms with Crippen LogP contribution < -0.4 is 5.32 Å². The lowest BCUT2D eigenvalue weighted by atomic mass is 9.94. The number of likely N-dealkylation sites (tertiary alicyclic amines) is 1. The number of aromatic nitrogens is 3. The van der Waals surface area contributed by atoms with Gasteiger partial charge in [0.2, 0.25) is 5.91 Å². The van der Waals surface area contributed by atoms with Crippen molar-refractivity contribution in [1.82, 2.24) is 19.9 Å². The van der Waals surface area contributed by atoms with Gasteiger partial charge in [-0.15, -0.1) is 11.3 Å². The van der Waals surface area contributed by atoms with Crippen molar-refractivity contribution in [3.8, 4) is 10.4 Å². The summed E-state index contributed by atoms with van der Waals surface area (Å²) in [5.74, 6) is 0.0775. The van der Waals surface area contributed by atoms with Gasteiger partial charge >= 0.3 is 6.18 Å². The molecule has 2 fully saturated rings. The van der Waals surface area contributed by atoms with Crippen LogP contribution in [0.4, 0.5) is 19.0 Å². The van der Waals surface area contributed by atoms with E-state index in [1.165, 1.54) is 11.3 Å². The Morgan fingerprint density at radius 2 is 1.94 bits per heavy atom. The summed E-state index contributed by atoms with van der Waals surface area (Å²) in [4.78, 5) is 28.4. The van der Waals surface area contributed by atoms with E-state index in [1.54, 1.807) is 30.2 Å². The Bertz CT molecular complexity index is 1120. The van der Waals surface area contributed by atoms with Crippen LogP contribution in [-0.2, 0) is 4.79 Å². The van der Waals surface area contributed by atoms with E-state index in [9.17, 15) is 18.0 Å². The molecule has 3 aromatic heterocycles. The summed E-state index contributed by atoms with van der Waals surface area (Å²) in [6, 6.07) is 3.78. The van der Waals surface area contributed by atoms with Gasteiger partial charge in [0.25, 0.3) is 0 Å². The molecule has 1 amide bonds. The third-order valence-corrected chi connectivity index (χ3v) is 7.30. The number of halogens is 3. The molecular weight excluding hydrogens is 439 g/mol. The third-order valence-electron chi connectivity index (χ3n) is 6.48. The zero-order valence-corrected chi connectivity index (χ0v) is 18.0. The van der Waals surface area contributed by atoms with E-state index in [-0.39, 0.29) is 31.2 Å². The van der Waals surface area contributed by atoms with E-state index in [2.05, 4.69) is 20.3 Å². The van der Waals surface area contributed by atoms with Crippen molar-refractivity contribution in [2.45, 2.75) is 31.9 Å². The summed E-state index contributed by atoms with van der Waals surface area (Å²) in [5, 5.41) is 3.73. The van der Waals surface area contributed by atoms with Crippen LogP contribution in [0.5, 0.6) is 0 Å². The summed E-state index contributed by atoms with van der Waals surface area (Å²) < 4.78 is 39.6. The molecule has 0 spiro atoms. The normalized spacial score (nSPS) is 19.2. The lowest BCUT2D eigenvalue weighted by Gasteiger charge is -2.34. The average molecular weight is 462 g/mol. The SMILES string of the molecule is O=C(Nc1cc2cc(-c3cncs3)cnc2cn1)C1CCN(CC2(C(F)(F)F)CC2)CC1. The van der Waals surface area contributed by atoms with E-state index in [1.807, 2.05) is 11.0 Å². The van der Waals surface area contributed by atoms with Crippen LogP contribution in [0, 0.1) is 11.3 Å². The smallest absolute Gasteiger partial charge is 0.310 e. The maximum Gasteiger partial charge on any atom is 0.395 e. The molecule has 6 nitrogen and oxygen atoms in total. The van der Waals surface area contributed by atoms with Crippen molar-refractivity contribution in [2.75, 3.05) is 25.0 Å². The molecule has 1 N–H and O–H groups in total. The van der Waals surface area contributed by atoms with Crippen LogP contribution in [-0.4, -0.2) is 51.6 Å². The maximum absolute atomic E-state index is 13.2. The second-order valence-corrected chi connectivity index (χ2v) is 9.56. The van der Waals surface area contributed by atoms with Crippen molar-refractivity contribution in [1.29, 1.82) is 0 Å². The molecule has 0 atom stereocenters. The summed E-state index contributed by atoms with van der Waals surface area (Å²) >= 11 is 1.52. The molecule has 0 radical (unpaired) electrons. The highest BCUT2D eigenvalue weighted by molar-refractivity contribution is 7.13. The molecule has 1 saturated heterocycles. The summed E-state index contributed by atoms with van der Waals surface area (Å²) in [6.45, 7) is 1.05. The van der Waals surface area contributed by atoms with Gasteiger partial charge < -0.3 is 10.2 Å². The van der Waals surface area contributed by atoms with Gasteiger partial charge in [0, 0.05) is 35.8 Å². The van der Waals surface area contributed by atoms with E-state index in [0.717, 1.165) is 21.3 Å². The van der Waals surface area contributed by atoms with Crippen molar-refractivity contribution in [2.24, 2.45) is 11.3 Å². The Labute approximate surface area is 186 Å². The number of rotatable bonds is 5. The topological polar surface area (TPSA) is 71.0 Å². The van der Waals surface area contributed by atoms with Crippen molar-refractivity contribution in [3.05, 3.63) is 36.2 Å². The van der Waals surface area contributed by atoms with Gasteiger partial charge in [0.1, 0.15) is 5.82 Å². The number of nitrogens with one attached hydrogen (secondary N) is 1. The number of hydrogen-bond donors (Lipinski definition) is 1. The average Bonchev–Trinajstić information content (AvgIpc) is 3.36. The highest BCUT2D eigenvalue weighted by Gasteiger charge is 2.63. The van der Waals surface area contributed by atoms with Crippen LogP contribution in [0.2, 0.25) is 0 Å². The summed E-state index contributed by atoms with van der Waals surface area (Å²) in [7, 11) is 0. The van der Waals surface area contributed by atoms with Crippen LogP contribution in [0.3, 0.4) is 0 Å². The minimum atomic E-state index is -4.14. The number of alkyl halides is 3. The van der Waals surface area contributed by atoms with E-state index in [4.69, 9.17) is 0 Å².